The fourth-order valence-corrected chi connectivity index (χ4v) is 2.82. The third-order valence-electron chi connectivity index (χ3n) is 4.20. The molecule has 1 N–H and O–H groups in total. The van der Waals surface area contributed by atoms with Crippen molar-refractivity contribution in [3.05, 3.63) is 53.6 Å². The first-order chi connectivity index (χ1) is 12.5. The topological polar surface area (TPSA) is 90.0 Å². The lowest BCUT2D eigenvalue weighted by atomic mass is 10.3. The number of rotatable bonds is 4. The number of aryl methyl sites for hydroxylation is 2. The Labute approximate surface area is 147 Å². The van der Waals surface area contributed by atoms with E-state index >= 15 is 0 Å². The molecule has 0 saturated carbocycles. The quantitative estimate of drug-likeness (QED) is 0.599. The molecule has 0 bridgehead atoms. The van der Waals surface area contributed by atoms with Crippen LogP contribution in [-0.4, -0.2) is 41.6 Å². The highest BCUT2D eigenvalue weighted by molar-refractivity contribution is 5.90. The second-order valence-corrected chi connectivity index (χ2v) is 5.96. The number of hydrogen-bond acceptors (Lipinski definition) is 5. The molecular formula is C17H16FN7O. The van der Waals surface area contributed by atoms with E-state index in [1.807, 2.05) is 18.5 Å². The Hall–Kier alpha value is -3.36. The van der Waals surface area contributed by atoms with Crippen LogP contribution in [-0.2, 0) is 13.5 Å². The number of carbonyl (C=O) groups is 1. The third kappa shape index (κ3) is 2.77. The van der Waals surface area contributed by atoms with Crippen molar-refractivity contribution in [2.75, 3.05) is 6.54 Å². The van der Waals surface area contributed by atoms with E-state index in [0.29, 0.717) is 24.3 Å². The minimum Gasteiger partial charge on any atom is -0.349 e. The van der Waals surface area contributed by atoms with Crippen molar-refractivity contribution in [1.82, 2.24) is 34.4 Å². The van der Waals surface area contributed by atoms with Gasteiger partial charge in [-0.3, -0.25) is 4.79 Å². The highest BCUT2D eigenvalue weighted by Gasteiger charge is 2.15. The minimum absolute atomic E-state index is 0.0684. The van der Waals surface area contributed by atoms with Gasteiger partial charge in [-0.05, 0) is 25.1 Å². The Morgan fingerprint density at radius 1 is 1.27 bits per heavy atom. The normalized spacial score (nSPS) is 11.3. The van der Waals surface area contributed by atoms with Crippen LogP contribution in [0.1, 0.15) is 22.1 Å². The predicted octanol–water partition coefficient (Wildman–Crippen LogP) is 1.43. The predicted molar refractivity (Wildman–Crippen MR) is 92.2 cm³/mol. The molecule has 26 heavy (non-hydrogen) atoms. The van der Waals surface area contributed by atoms with Crippen molar-refractivity contribution in [2.45, 2.75) is 13.3 Å². The standard InChI is InChI=1S/C17H16FN7O/c1-10-5-7-20-17-22-15(23-25(10)17)16(26)19-8-6-14-21-12-9-11(18)3-4-13(12)24(14)2/h3-5,7,9H,6,8H2,1-2H3,(H,19,26). The van der Waals surface area contributed by atoms with Crippen LogP contribution in [0.3, 0.4) is 0 Å². The molecule has 0 radical (unpaired) electrons. The lowest BCUT2D eigenvalue weighted by molar-refractivity contribution is 0.0944. The molecule has 0 aliphatic carbocycles. The van der Waals surface area contributed by atoms with Gasteiger partial charge < -0.3 is 9.88 Å². The molecule has 1 aromatic carbocycles. The molecule has 3 heterocycles. The average molecular weight is 353 g/mol. The summed E-state index contributed by atoms with van der Waals surface area (Å²) in [4.78, 5) is 24.9. The monoisotopic (exact) mass is 353 g/mol. The number of imidazole rings is 1. The van der Waals surface area contributed by atoms with Gasteiger partial charge in [0.1, 0.15) is 11.6 Å². The molecule has 0 unspecified atom stereocenters. The van der Waals surface area contributed by atoms with Crippen molar-refractivity contribution < 1.29 is 9.18 Å². The van der Waals surface area contributed by atoms with Gasteiger partial charge in [-0.1, -0.05) is 0 Å². The van der Waals surface area contributed by atoms with Crippen LogP contribution in [0, 0.1) is 12.7 Å². The maximum absolute atomic E-state index is 13.3. The van der Waals surface area contributed by atoms with Crippen molar-refractivity contribution >= 4 is 22.7 Å². The first kappa shape index (κ1) is 16.1. The van der Waals surface area contributed by atoms with Gasteiger partial charge in [-0.2, -0.15) is 4.98 Å². The lowest BCUT2D eigenvalue weighted by Crippen LogP contribution is -2.27. The number of nitrogens with one attached hydrogen (secondary N) is 1. The first-order valence-electron chi connectivity index (χ1n) is 8.10. The van der Waals surface area contributed by atoms with E-state index in [0.717, 1.165) is 17.0 Å². The fraction of sp³-hybridized carbons (Fsp3) is 0.235. The molecule has 0 aliphatic heterocycles. The number of carbonyl (C=O) groups excluding carboxylic acids is 1. The maximum Gasteiger partial charge on any atom is 0.291 e. The van der Waals surface area contributed by atoms with Gasteiger partial charge in [0.05, 0.1) is 11.0 Å². The summed E-state index contributed by atoms with van der Waals surface area (Å²) in [6, 6.07) is 6.28. The molecule has 1 amide bonds. The minimum atomic E-state index is -0.375. The van der Waals surface area contributed by atoms with Gasteiger partial charge in [0.25, 0.3) is 11.7 Å². The van der Waals surface area contributed by atoms with Crippen molar-refractivity contribution in [3.63, 3.8) is 0 Å². The van der Waals surface area contributed by atoms with E-state index in [1.165, 1.54) is 16.6 Å². The number of hydrogen-bond donors (Lipinski definition) is 1. The Kier molecular flexibility index (Phi) is 3.83. The van der Waals surface area contributed by atoms with Crippen LogP contribution in [0.5, 0.6) is 0 Å². The summed E-state index contributed by atoms with van der Waals surface area (Å²) in [7, 11) is 1.86. The highest BCUT2D eigenvalue weighted by Crippen LogP contribution is 2.16. The van der Waals surface area contributed by atoms with Gasteiger partial charge in [-0.15, -0.1) is 5.10 Å². The van der Waals surface area contributed by atoms with Gasteiger partial charge in [-0.25, -0.2) is 18.9 Å². The number of halogens is 1. The summed E-state index contributed by atoms with van der Waals surface area (Å²) in [6.07, 6.45) is 2.12. The molecular weight excluding hydrogens is 337 g/mol. The van der Waals surface area contributed by atoms with Crippen LogP contribution in [0.2, 0.25) is 0 Å². The number of fused-ring (bicyclic) bond motifs is 2. The van der Waals surface area contributed by atoms with Gasteiger partial charge in [0.15, 0.2) is 0 Å². The second kappa shape index (κ2) is 6.17. The number of benzene rings is 1. The molecule has 9 heteroatoms. The van der Waals surface area contributed by atoms with E-state index in [1.54, 1.807) is 18.3 Å². The van der Waals surface area contributed by atoms with Gasteiger partial charge in [0, 0.05) is 38.0 Å². The van der Waals surface area contributed by atoms with Crippen LogP contribution in [0.25, 0.3) is 16.8 Å². The molecule has 4 rings (SSSR count). The zero-order valence-electron chi connectivity index (χ0n) is 14.3. The SMILES string of the molecule is Cc1ccnc2nc(C(=O)NCCc3nc4cc(F)ccc4n3C)nn12. The van der Waals surface area contributed by atoms with Gasteiger partial charge >= 0.3 is 0 Å². The molecule has 0 atom stereocenters. The summed E-state index contributed by atoms with van der Waals surface area (Å²) in [5.41, 5.74) is 2.28. The Bertz CT molecular complexity index is 1130. The van der Waals surface area contributed by atoms with E-state index in [-0.39, 0.29) is 17.5 Å². The van der Waals surface area contributed by atoms with E-state index in [9.17, 15) is 9.18 Å². The van der Waals surface area contributed by atoms with E-state index < -0.39 is 0 Å². The lowest BCUT2D eigenvalue weighted by Gasteiger charge is -2.03. The van der Waals surface area contributed by atoms with E-state index in [4.69, 9.17) is 0 Å². The largest absolute Gasteiger partial charge is 0.349 e. The fourth-order valence-electron chi connectivity index (χ4n) is 2.82. The second-order valence-electron chi connectivity index (χ2n) is 5.96. The van der Waals surface area contributed by atoms with Crippen molar-refractivity contribution in [3.8, 4) is 0 Å². The Balaban J connectivity index is 1.46. The summed E-state index contributed by atoms with van der Waals surface area (Å²) in [5, 5.41) is 6.95. The Morgan fingerprint density at radius 2 is 2.12 bits per heavy atom. The van der Waals surface area contributed by atoms with Crippen LogP contribution in [0.4, 0.5) is 4.39 Å². The molecule has 0 saturated heterocycles. The smallest absolute Gasteiger partial charge is 0.291 e. The molecule has 132 valence electrons. The first-order valence-corrected chi connectivity index (χ1v) is 8.10. The average Bonchev–Trinajstić information content (AvgIpc) is 3.18. The van der Waals surface area contributed by atoms with Gasteiger partial charge in [0.2, 0.25) is 5.82 Å². The Morgan fingerprint density at radius 3 is 2.92 bits per heavy atom. The molecule has 4 aromatic rings. The van der Waals surface area contributed by atoms with Crippen LogP contribution in [0.15, 0.2) is 30.5 Å². The summed E-state index contributed by atoms with van der Waals surface area (Å²) >= 11 is 0. The third-order valence-corrected chi connectivity index (χ3v) is 4.20. The molecule has 0 aliphatic rings. The number of nitrogens with zero attached hydrogens (tertiary/aromatic N) is 6. The molecule has 0 fully saturated rings. The summed E-state index contributed by atoms with van der Waals surface area (Å²) in [5.74, 6) is 0.509. The number of aromatic nitrogens is 6. The summed E-state index contributed by atoms with van der Waals surface area (Å²) in [6.45, 7) is 2.22. The zero-order chi connectivity index (χ0) is 18.3. The summed E-state index contributed by atoms with van der Waals surface area (Å²) < 4.78 is 16.7. The zero-order valence-corrected chi connectivity index (χ0v) is 14.3. The molecule has 0 spiro atoms. The van der Waals surface area contributed by atoms with Crippen LogP contribution >= 0.6 is 0 Å². The van der Waals surface area contributed by atoms with Crippen molar-refractivity contribution in [2.24, 2.45) is 7.05 Å². The van der Waals surface area contributed by atoms with E-state index in [2.05, 4.69) is 25.4 Å². The number of amides is 1. The maximum atomic E-state index is 13.3. The highest BCUT2D eigenvalue weighted by atomic mass is 19.1. The van der Waals surface area contributed by atoms with Crippen molar-refractivity contribution in [1.29, 1.82) is 0 Å². The molecule has 8 nitrogen and oxygen atoms in total. The molecule has 3 aromatic heterocycles. The van der Waals surface area contributed by atoms with Crippen LogP contribution < -0.4 is 5.32 Å².